The molecule has 1 saturated carbocycles. The first-order valence-corrected chi connectivity index (χ1v) is 7.16. The number of ether oxygens (including phenoxy) is 1. The summed E-state index contributed by atoms with van der Waals surface area (Å²) >= 11 is 0. The summed E-state index contributed by atoms with van der Waals surface area (Å²) in [6, 6.07) is 13.1. The second-order valence-corrected chi connectivity index (χ2v) is 5.39. The minimum absolute atomic E-state index is 0.106. The molecule has 1 aliphatic rings. The highest BCUT2D eigenvalue weighted by Gasteiger charge is 2.25. The van der Waals surface area contributed by atoms with Gasteiger partial charge in [0, 0.05) is 17.2 Å². The molecule has 0 heterocycles. The number of carbonyl (C=O) groups is 1. The van der Waals surface area contributed by atoms with Gasteiger partial charge >= 0.3 is 5.69 Å². The molecule has 0 N–H and O–H groups in total. The summed E-state index contributed by atoms with van der Waals surface area (Å²) in [6.07, 6.45) is 2.19. The van der Waals surface area contributed by atoms with Gasteiger partial charge < -0.3 is 4.74 Å². The van der Waals surface area contributed by atoms with Crippen molar-refractivity contribution in [2.45, 2.75) is 12.8 Å². The molecule has 0 amide bonds. The van der Waals surface area contributed by atoms with Crippen LogP contribution in [0.15, 0.2) is 48.5 Å². The number of nitro groups is 1. The van der Waals surface area contributed by atoms with Crippen molar-refractivity contribution in [3.05, 3.63) is 69.8 Å². The molecule has 0 unspecified atom stereocenters. The second-order valence-electron chi connectivity index (χ2n) is 5.39. The topological polar surface area (TPSA) is 69.4 Å². The Labute approximate surface area is 127 Å². The van der Waals surface area contributed by atoms with Crippen LogP contribution in [0.4, 0.5) is 5.69 Å². The molecule has 112 valence electrons. The highest BCUT2D eigenvalue weighted by atomic mass is 16.6. The van der Waals surface area contributed by atoms with Crippen LogP contribution in [0.1, 0.15) is 28.8 Å². The lowest BCUT2D eigenvalue weighted by Crippen LogP contribution is -2.05. The Morgan fingerprint density at radius 3 is 2.50 bits per heavy atom. The van der Waals surface area contributed by atoms with Crippen molar-refractivity contribution >= 4 is 11.5 Å². The van der Waals surface area contributed by atoms with Gasteiger partial charge in [0.1, 0.15) is 0 Å². The summed E-state index contributed by atoms with van der Waals surface area (Å²) in [5, 5.41) is 11.1. The Bertz CT molecular complexity index is 708. The minimum Gasteiger partial charge on any atom is -0.487 e. The fourth-order valence-electron chi connectivity index (χ4n) is 2.17. The first-order valence-electron chi connectivity index (χ1n) is 7.16. The largest absolute Gasteiger partial charge is 0.487 e. The zero-order valence-corrected chi connectivity index (χ0v) is 11.9. The molecule has 2 aromatic carbocycles. The fraction of sp³-hybridized carbons (Fsp3) is 0.235. The van der Waals surface area contributed by atoms with Crippen LogP contribution in [0.3, 0.4) is 0 Å². The quantitative estimate of drug-likeness (QED) is 0.464. The van der Waals surface area contributed by atoms with E-state index < -0.39 is 4.92 Å². The molecule has 5 heteroatoms. The van der Waals surface area contributed by atoms with E-state index in [1.165, 1.54) is 18.2 Å². The summed E-state index contributed by atoms with van der Waals surface area (Å²) < 4.78 is 5.56. The predicted octanol–water partition coefficient (Wildman–Crippen LogP) is 3.61. The zero-order valence-electron chi connectivity index (χ0n) is 11.9. The Hall–Kier alpha value is -2.69. The number of hydrogen-bond donors (Lipinski definition) is 0. The van der Waals surface area contributed by atoms with Crippen molar-refractivity contribution in [2.24, 2.45) is 5.92 Å². The molecule has 0 saturated heterocycles. The van der Waals surface area contributed by atoms with Crippen LogP contribution in [0.25, 0.3) is 0 Å². The van der Waals surface area contributed by atoms with Gasteiger partial charge in [0.15, 0.2) is 11.5 Å². The van der Waals surface area contributed by atoms with Gasteiger partial charge in [-0.3, -0.25) is 14.9 Å². The number of ketones is 1. The molecule has 0 bridgehead atoms. The molecular formula is C17H15NO4. The molecule has 0 aromatic heterocycles. The Morgan fingerprint density at radius 2 is 1.86 bits per heavy atom. The maximum Gasteiger partial charge on any atom is 0.310 e. The lowest BCUT2D eigenvalue weighted by molar-refractivity contribution is -0.385. The lowest BCUT2D eigenvalue weighted by atomic mass is 10.0. The highest BCUT2D eigenvalue weighted by molar-refractivity contribution is 6.09. The molecule has 1 fully saturated rings. The van der Waals surface area contributed by atoms with Gasteiger partial charge in [-0.15, -0.1) is 0 Å². The van der Waals surface area contributed by atoms with Gasteiger partial charge in [-0.1, -0.05) is 30.3 Å². The van der Waals surface area contributed by atoms with Crippen LogP contribution in [0.2, 0.25) is 0 Å². The Kier molecular flexibility index (Phi) is 3.87. The van der Waals surface area contributed by atoms with E-state index in [4.69, 9.17) is 4.74 Å². The average Bonchev–Trinajstić information content (AvgIpc) is 3.37. The molecule has 0 radical (unpaired) electrons. The highest BCUT2D eigenvalue weighted by Crippen LogP contribution is 2.33. The van der Waals surface area contributed by atoms with Crippen molar-refractivity contribution in [3.63, 3.8) is 0 Å². The first kappa shape index (κ1) is 14.3. The van der Waals surface area contributed by atoms with Crippen molar-refractivity contribution in [3.8, 4) is 5.75 Å². The van der Waals surface area contributed by atoms with Gasteiger partial charge in [0.25, 0.3) is 0 Å². The third-order valence-electron chi connectivity index (χ3n) is 3.63. The summed E-state index contributed by atoms with van der Waals surface area (Å²) in [6.45, 7) is 0.462. The van der Waals surface area contributed by atoms with Gasteiger partial charge in [-0.25, -0.2) is 0 Å². The lowest BCUT2D eigenvalue weighted by Gasteiger charge is -2.08. The maximum atomic E-state index is 12.4. The zero-order chi connectivity index (χ0) is 15.5. The molecule has 22 heavy (non-hydrogen) atoms. The molecule has 0 aliphatic heterocycles. The second kappa shape index (κ2) is 5.97. The van der Waals surface area contributed by atoms with Crippen molar-refractivity contribution in [1.29, 1.82) is 0 Å². The van der Waals surface area contributed by atoms with Crippen molar-refractivity contribution < 1.29 is 14.5 Å². The van der Waals surface area contributed by atoms with E-state index in [-0.39, 0.29) is 17.2 Å². The molecule has 1 aliphatic carbocycles. The fourth-order valence-corrected chi connectivity index (χ4v) is 2.17. The van der Waals surface area contributed by atoms with Crippen molar-refractivity contribution in [1.82, 2.24) is 0 Å². The summed E-state index contributed by atoms with van der Waals surface area (Å²) in [4.78, 5) is 23.0. The Morgan fingerprint density at radius 1 is 1.14 bits per heavy atom. The van der Waals surface area contributed by atoms with Crippen LogP contribution in [0.5, 0.6) is 5.75 Å². The number of nitro benzene ring substituents is 1. The molecule has 0 atom stereocenters. The van der Waals surface area contributed by atoms with Crippen LogP contribution in [-0.4, -0.2) is 17.3 Å². The smallest absolute Gasteiger partial charge is 0.310 e. The van der Waals surface area contributed by atoms with Crippen LogP contribution in [0, 0.1) is 16.0 Å². The number of rotatable bonds is 6. The van der Waals surface area contributed by atoms with Crippen LogP contribution >= 0.6 is 0 Å². The molecule has 5 nitrogen and oxygen atoms in total. The molecule has 3 rings (SSSR count). The first-order chi connectivity index (χ1) is 10.6. The van der Waals surface area contributed by atoms with Crippen LogP contribution in [-0.2, 0) is 0 Å². The minimum atomic E-state index is -0.487. The predicted molar refractivity (Wildman–Crippen MR) is 81.2 cm³/mol. The summed E-state index contributed by atoms with van der Waals surface area (Å²) in [5.41, 5.74) is 0.831. The van der Waals surface area contributed by atoms with Crippen molar-refractivity contribution in [2.75, 3.05) is 6.61 Å². The van der Waals surface area contributed by atoms with Gasteiger partial charge in [-0.2, -0.15) is 0 Å². The molecule has 2 aromatic rings. The third-order valence-corrected chi connectivity index (χ3v) is 3.63. The number of benzene rings is 2. The molecule has 0 spiro atoms. The third kappa shape index (κ3) is 3.14. The summed E-state index contributed by atoms with van der Waals surface area (Å²) in [5.74, 6) is 0.471. The standard InChI is InChI=1S/C17H15NO4/c19-17(13-4-2-1-3-5-13)14-8-9-15(18(20)21)16(10-14)22-11-12-6-7-12/h1-5,8-10,12H,6-7,11H2. The van der Waals surface area contributed by atoms with E-state index >= 15 is 0 Å². The van der Waals surface area contributed by atoms with Gasteiger partial charge in [-0.05, 0) is 30.9 Å². The monoisotopic (exact) mass is 297 g/mol. The number of hydrogen-bond acceptors (Lipinski definition) is 4. The SMILES string of the molecule is O=C(c1ccccc1)c1ccc([N+](=O)[O-])c(OCC2CC2)c1. The van der Waals surface area contributed by atoms with Gasteiger partial charge in [0.2, 0.25) is 0 Å². The van der Waals surface area contributed by atoms with Gasteiger partial charge in [0.05, 0.1) is 11.5 Å². The van der Waals surface area contributed by atoms with Crippen LogP contribution < -0.4 is 4.74 Å². The average molecular weight is 297 g/mol. The number of carbonyl (C=O) groups excluding carboxylic acids is 1. The van der Waals surface area contributed by atoms with E-state index in [0.717, 1.165) is 12.8 Å². The van der Waals surface area contributed by atoms with E-state index in [9.17, 15) is 14.9 Å². The van der Waals surface area contributed by atoms with E-state index in [2.05, 4.69) is 0 Å². The summed E-state index contributed by atoms with van der Waals surface area (Å²) in [7, 11) is 0. The number of nitrogens with zero attached hydrogens (tertiary/aromatic N) is 1. The van der Waals surface area contributed by atoms with E-state index in [0.29, 0.717) is 23.7 Å². The van der Waals surface area contributed by atoms with E-state index in [1.807, 2.05) is 6.07 Å². The molecular weight excluding hydrogens is 282 g/mol. The maximum absolute atomic E-state index is 12.4. The normalized spacial score (nSPS) is 13.6. The Balaban J connectivity index is 1.89. The van der Waals surface area contributed by atoms with E-state index in [1.54, 1.807) is 24.3 Å².